The maximum Gasteiger partial charge on any atom is 0.270 e. The fourth-order valence-corrected chi connectivity index (χ4v) is 2.90. The number of ketones is 1. The number of benzene rings is 3. The molecular formula is C23H17N3O2. The molecule has 5 heteroatoms. The Balaban J connectivity index is 1.85. The topological polar surface area (TPSA) is 61.8 Å². The van der Waals surface area contributed by atoms with Crippen LogP contribution in [0.15, 0.2) is 104 Å². The highest BCUT2D eigenvalue weighted by Crippen LogP contribution is 2.20. The predicted molar refractivity (Wildman–Crippen MR) is 104 cm³/mol. The lowest BCUT2D eigenvalue weighted by Gasteiger charge is -2.15. The van der Waals surface area contributed by atoms with E-state index >= 15 is 0 Å². The molecule has 0 N–H and O–H groups in total. The summed E-state index contributed by atoms with van der Waals surface area (Å²) in [5.74, 6) is -0.754. The molecule has 0 aliphatic carbocycles. The molecule has 4 rings (SSSR count). The smallest absolute Gasteiger partial charge is 0.270 e. The van der Waals surface area contributed by atoms with Crippen LogP contribution < -0.4 is 9.67 Å². The third-order valence-electron chi connectivity index (χ3n) is 4.32. The van der Waals surface area contributed by atoms with Gasteiger partial charge in [0.25, 0.3) is 6.33 Å². The number of Topliss-reactive ketones (excluding diaryl/α,β-unsaturated/α-hetero) is 1. The Morgan fingerprint density at radius 2 is 1.32 bits per heavy atom. The van der Waals surface area contributed by atoms with Crippen LogP contribution in [0.25, 0.3) is 17.1 Å². The van der Waals surface area contributed by atoms with Crippen LogP contribution in [0.1, 0.15) is 15.9 Å². The summed E-state index contributed by atoms with van der Waals surface area (Å²) < 4.78 is 3.11. The molecule has 5 nitrogen and oxygen atoms in total. The van der Waals surface area contributed by atoms with Crippen LogP contribution in [0.4, 0.5) is 0 Å². The van der Waals surface area contributed by atoms with Crippen molar-refractivity contribution >= 4 is 17.2 Å². The fourth-order valence-electron chi connectivity index (χ4n) is 2.90. The summed E-state index contributed by atoms with van der Waals surface area (Å²) in [4.78, 5) is 13.2. The molecule has 1 aromatic heterocycles. The highest BCUT2D eigenvalue weighted by molar-refractivity contribution is 6.28. The van der Waals surface area contributed by atoms with E-state index in [-0.39, 0.29) is 17.2 Å². The molecule has 0 atom stereocenters. The van der Waals surface area contributed by atoms with E-state index in [0.717, 1.165) is 5.69 Å². The lowest BCUT2D eigenvalue weighted by Crippen LogP contribution is -2.28. The summed E-state index contributed by atoms with van der Waals surface area (Å²) in [5, 5.41) is 17.5. The monoisotopic (exact) mass is 367 g/mol. The molecule has 1 heterocycles. The summed E-state index contributed by atoms with van der Waals surface area (Å²) >= 11 is 0. The zero-order valence-corrected chi connectivity index (χ0v) is 15.0. The molecule has 0 fully saturated rings. The van der Waals surface area contributed by atoms with Crippen molar-refractivity contribution < 1.29 is 14.5 Å². The fraction of sp³-hybridized carbons (Fsp3) is 0. The van der Waals surface area contributed by atoms with Gasteiger partial charge in [-0.2, -0.15) is 0 Å². The van der Waals surface area contributed by atoms with E-state index in [0.29, 0.717) is 11.1 Å². The quantitative estimate of drug-likeness (QED) is 0.236. The second kappa shape index (κ2) is 7.72. The van der Waals surface area contributed by atoms with Gasteiger partial charge in [-0.05, 0) is 17.7 Å². The number of rotatable bonds is 5. The number of carbonyl (C=O) groups is 1. The van der Waals surface area contributed by atoms with Gasteiger partial charge < -0.3 is 5.11 Å². The van der Waals surface area contributed by atoms with Gasteiger partial charge in [-0.25, -0.2) is 4.57 Å². The Bertz CT molecular complexity index is 1120. The Hall–Kier alpha value is -3.99. The first-order valence-electron chi connectivity index (χ1n) is 8.82. The van der Waals surface area contributed by atoms with Crippen LogP contribution in [0.3, 0.4) is 0 Å². The molecule has 0 bridgehead atoms. The van der Waals surface area contributed by atoms with Crippen LogP contribution in [-0.4, -0.2) is 15.6 Å². The van der Waals surface area contributed by atoms with Crippen molar-refractivity contribution in [2.45, 2.75) is 0 Å². The Kier molecular flexibility index (Phi) is 4.80. The molecule has 0 aliphatic rings. The van der Waals surface area contributed by atoms with Gasteiger partial charge in [0.15, 0.2) is 5.70 Å². The number of nitrogens with zero attached hydrogens (tertiary/aromatic N) is 3. The maximum atomic E-state index is 13.2. The van der Waals surface area contributed by atoms with Gasteiger partial charge in [-0.15, -0.1) is 0 Å². The highest BCUT2D eigenvalue weighted by Gasteiger charge is 2.23. The van der Waals surface area contributed by atoms with Gasteiger partial charge in [0, 0.05) is 10.7 Å². The van der Waals surface area contributed by atoms with Gasteiger partial charge in [0.1, 0.15) is 5.69 Å². The van der Waals surface area contributed by atoms with E-state index in [4.69, 9.17) is 0 Å². The zero-order chi connectivity index (χ0) is 19.3. The molecule has 4 aromatic rings. The number of carbonyl (C=O) groups excluding carboxylic acids is 1. The van der Waals surface area contributed by atoms with Crippen molar-refractivity contribution in [3.63, 3.8) is 0 Å². The number of hydrogen-bond acceptors (Lipinski definition) is 3. The minimum atomic E-state index is -0.377. The molecule has 136 valence electrons. The van der Waals surface area contributed by atoms with Crippen LogP contribution in [0.2, 0.25) is 0 Å². The Morgan fingerprint density at radius 3 is 1.93 bits per heavy atom. The van der Waals surface area contributed by atoms with Crippen LogP contribution in [-0.2, 0) is 0 Å². The normalized spacial score (nSPS) is 11.7. The maximum absolute atomic E-state index is 13.2. The second-order valence-electron chi connectivity index (χ2n) is 6.17. The van der Waals surface area contributed by atoms with Crippen molar-refractivity contribution in [1.82, 2.24) is 9.78 Å². The summed E-state index contributed by atoms with van der Waals surface area (Å²) in [7, 11) is 0. The van der Waals surface area contributed by atoms with Gasteiger partial charge >= 0.3 is 0 Å². The lowest BCUT2D eigenvalue weighted by molar-refractivity contribution is -0.596. The van der Waals surface area contributed by atoms with Gasteiger partial charge in [0.05, 0.1) is 0 Å². The minimum absolute atomic E-state index is 0.0212. The first-order chi connectivity index (χ1) is 13.7. The molecule has 0 unspecified atom stereocenters. The molecule has 0 radical (unpaired) electrons. The number of para-hydroxylation sites is 1. The van der Waals surface area contributed by atoms with E-state index in [9.17, 15) is 9.90 Å². The van der Waals surface area contributed by atoms with Crippen molar-refractivity contribution in [3.05, 3.63) is 115 Å². The van der Waals surface area contributed by atoms with Crippen molar-refractivity contribution in [3.8, 4) is 5.69 Å². The molecule has 3 aromatic carbocycles. The average Bonchev–Trinajstić information content (AvgIpc) is 3.25. The third-order valence-corrected chi connectivity index (χ3v) is 4.32. The van der Waals surface area contributed by atoms with E-state index in [1.54, 1.807) is 65.8 Å². The molecular weight excluding hydrogens is 350 g/mol. The summed E-state index contributed by atoms with van der Waals surface area (Å²) in [6.45, 7) is 0. The molecule has 0 spiro atoms. The van der Waals surface area contributed by atoms with E-state index in [2.05, 4.69) is 5.10 Å². The van der Waals surface area contributed by atoms with Gasteiger partial charge in [-0.1, -0.05) is 89.3 Å². The second-order valence-corrected chi connectivity index (χ2v) is 6.17. The lowest BCUT2D eigenvalue weighted by atomic mass is 10.0. The molecule has 0 amide bonds. The van der Waals surface area contributed by atoms with Gasteiger partial charge in [-0.3, -0.25) is 4.79 Å². The largest absolute Gasteiger partial charge is 0.870 e. The first kappa shape index (κ1) is 17.4. The van der Waals surface area contributed by atoms with Crippen LogP contribution in [0.5, 0.6) is 0 Å². The molecule has 0 aliphatic heterocycles. The molecule has 0 saturated carbocycles. The highest BCUT2D eigenvalue weighted by atomic mass is 16.3. The van der Waals surface area contributed by atoms with Gasteiger partial charge in [0.2, 0.25) is 12.1 Å². The SMILES string of the molecule is O=C(/C(=C(/[O-])c1ccccc1)n1c[n+](-c2ccccc2)cn1)c1ccccc1. The molecule has 28 heavy (non-hydrogen) atoms. The number of aromatic nitrogens is 3. The van der Waals surface area contributed by atoms with E-state index in [1.165, 1.54) is 4.68 Å². The minimum Gasteiger partial charge on any atom is -0.870 e. The Labute approximate surface area is 162 Å². The van der Waals surface area contributed by atoms with Crippen LogP contribution >= 0.6 is 0 Å². The van der Waals surface area contributed by atoms with Crippen molar-refractivity contribution in [1.29, 1.82) is 0 Å². The summed E-state index contributed by atoms with van der Waals surface area (Å²) in [6.07, 6.45) is 3.21. The van der Waals surface area contributed by atoms with E-state index in [1.807, 2.05) is 42.5 Å². The summed E-state index contributed by atoms with van der Waals surface area (Å²) in [6, 6.07) is 27.1. The van der Waals surface area contributed by atoms with Crippen LogP contribution in [0, 0.1) is 0 Å². The predicted octanol–water partition coefficient (Wildman–Crippen LogP) is 2.73. The average molecular weight is 367 g/mol. The van der Waals surface area contributed by atoms with Crippen molar-refractivity contribution in [2.75, 3.05) is 0 Å². The third kappa shape index (κ3) is 3.46. The Morgan fingerprint density at radius 1 is 0.786 bits per heavy atom. The van der Waals surface area contributed by atoms with E-state index < -0.39 is 0 Å². The molecule has 0 saturated heterocycles. The zero-order valence-electron chi connectivity index (χ0n) is 15.0. The number of hydrogen-bond donors (Lipinski definition) is 0. The first-order valence-corrected chi connectivity index (χ1v) is 8.82. The number of allylic oxidation sites excluding steroid dienone is 1. The standard InChI is InChI=1S/C23H17N3O2/c27-22(18-10-4-1-5-11-18)21(23(28)19-12-6-2-7-13-19)26-17-25(16-24-26)20-14-8-3-9-15-20/h1-17H. The summed E-state index contributed by atoms with van der Waals surface area (Å²) in [5.41, 5.74) is 1.73. The van der Waals surface area contributed by atoms with Crippen molar-refractivity contribution in [2.24, 2.45) is 0 Å².